The molecule has 1 saturated heterocycles. The van der Waals surface area contributed by atoms with Crippen molar-refractivity contribution in [3.63, 3.8) is 0 Å². The molecule has 2 aliphatic rings. The van der Waals surface area contributed by atoms with Gasteiger partial charge >= 0.3 is 0 Å². The first kappa shape index (κ1) is 9.40. The Balaban J connectivity index is 1.74. The number of aliphatic hydroxyl groups excluding tert-OH is 1. The van der Waals surface area contributed by atoms with Gasteiger partial charge in [0.15, 0.2) is 6.29 Å². The number of hydrogen-bond acceptors (Lipinski definition) is 4. The molecule has 2 fully saturated rings. The van der Waals surface area contributed by atoms with Crippen LogP contribution in [0.15, 0.2) is 0 Å². The highest BCUT2D eigenvalue weighted by Crippen LogP contribution is 2.27. The highest BCUT2D eigenvalue weighted by Gasteiger charge is 2.31. The maximum Gasteiger partial charge on any atom is 0.170 e. The third-order valence-corrected chi connectivity index (χ3v) is 2.52. The van der Waals surface area contributed by atoms with Gasteiger partial charge in [-0.15, -0.1) is 0 Å². The lowest BCUT2D eigenvalue weighted by Crippen LogP contribution is -2.36. The number of hydrogen-bond donors (Lipinski definition) is 1. The van der Waals surface area contributed by atoms with Gasteiger partial charge in [-0.2, -0.15) is 0 Å². The molecular weight excluding hydrogens is 170 g/mol. The molecule has 0 aromatic heterocycles. The zero-order valence-electron chi connectivity index (χ0n) is 7.82. The topological polar surface area (TPSA) is 41.9 Å². The molecule has 0 aromatic rings. The number of aliphatic hydroxyl groups is 1. The molecule has 1 aliphatic carbocycles. The van der Waals surface area contributed by atoms with Crippen LogP contribution in [0, 0.1) is 0 Å². The van der Waals surface area contributed by atoms with Crippen molar-refractivity contribution < 1.29 is 14.6 Å². The molecule has 1 saturated carbocycles. The molecule has 0 bridgehead atoms. The van der Waals surface area contributed by atoms with Gasteiger partial charge in [-0.1, -0.05) is 0 Å². The van der Waals surface area contributed by atoms with Crippen LogP contribution >= 0.6 is 0 Å². The molecule has 1 heterocycles. The van der Waals surface area contributed by atoms with E-state index >= 15 is 0 Å². The van der Waals surface area contributed by atoms with E-state index in [4.69, 9.17) is 14.6 Å². The fourth-order valence-electron chi connectivity index (χ4n) is 1.70. The van der Waals surface area contributed by atoms with Gasteiger partial charge in [0, 0.05) is 19.1 Å². The molecule has 1 N–H and O–H groups in total. The van der Waals surface area contributed by atoms with Crippen LogP contribution in [-0.2, 0) is 9.47 Å². The average Bonchev–Trinajstić information content (AvgIpc) is 2.85. The molecular formula is C9H17NO3. The average molecular weight is 187 g/mol. The molecule has 1 aliphatic heterocycles. The van der Waals surface area contributed by atoms with Crippen LogP contribution in [0.5, 0.6) is 0 Å². The molecule has 4 heteroatoms. The van der Waals surface area contributed by atoms with Crippen LogP contribution in [0.2, 0.25) is 0 Å². The van der Waals surface area contributed by atoms with Crippen molar-refractivity contribution in [3.05, 3.63) is 0 Å². The molecule has 0 unspecified atom stereocenters. The van der Waals surface area contributed by atoms with Crippen LogP contribution in [0.4, 0.5) is 0 Å². The summed E-state index contributed by atoms with van der Waals surface area (Å²) in [4.78, 5) is 2.26. The van der Waals surface area contributed by atoms with Crippen molar-refractivity contribution in [1.82, 2.24) is 4.90 Å². The minimum Gasteiger partial charge on any atom is -0.395 e. The second kappa shape index (κ2) is 4.37. The molecule has 13 heavy (non-hydrogen) atoms. The van der Waals surface area contributed by atoms with Crippen molar-refractivity contribution in [1.29, 1.82) is 0 Å². The summed E-state index contributed by atoms with van der Waals surface area (Å²) in [6, 6.07) is 0.667. The Labute approximate surface area is 78.4 Å². The van der Waals surface area contributed by atoms with E-state index in [1.165, 1.54) is 12.8 Å². The summed E-state index contributed by atoms with van der Waals surface area (Å²) >= 11 is 0. The fraction of sp³-hybridized carbons (Fsp3) is 1.00. The van der Waals surface area contributed by atoms with Crippen molar-refractivity contribution in [2.24, 2.45) is 0 Å². The summed E-state index contributed by atoms with van der Waals surface area (Å²) in [5.41, 5.74) is 0. The Hall–Kier alpha value is -0.160. The van der Waals surface area contributed by atoms with Crippen molar-refractivity contribution in [2.75, 3.05) is 32.9 Å². The Morgan fingerprint density at radius 2 is 1.92 bits per heavy atom. The number of ether oxygens (including phenoxy) is 2. The summed E-state index contributed by atoms with van der Waals surface area (Å²) in [6.07, 6.45) is 2.45. The Morgan fingerprint density at radius 3 is 2.46 bits per heavy atom. The van der Waals surface area contributed by atoms with Crippen molar-refractivity contribution >= 4 is 0 Å². The third kappa shape index (κ3) is 2.64. The van der Waals surface area contributed by atoms with E-state index in [1.54, 1.807) is 0 Å². The first-order valence-corrected chi connectivity index (χ1v) is 4.98. The van der Waals surface area contributed by atoms with E-state index in [0.29, 0.717) is 19.3 Å². The number of nitrogens with zero attached hydrogens (tertiary/aromatic N) is 1. The van der Waals surface area contributed by atoms with Gasteiger partial charge in [-0.05, 0) is 12.8 Å². The summed E-state index contributed by atoms with van der Waals surface area (Å²) in [5.74, 6) is 0. The molecule has 4 nitrogen and oxygen atoms in total. The maximum atomic E-state index is 8.86. The van der Waals surface area contributed by atoms with Crippen LogP contribution in [0.1, 0.15) is 12.8 Å². The summed E-state index contributed by atoms with van der Waals surface area (Å²) in [5, 5.41) is 8.86. The first-order valence-electron chi connectivity index (χ1n) is 4.98. The number of rotatable bonds is 5. The van der Waals surface area contributed by atoms with Gasteiger partial charge in [0.05, 0.1) is 19.8 Å². The van der Waals surface area contributed by atoms with Gasteiger partial charge in [-0.25, -0.2) is 0 Å². The standard InChI is InChI=1S/C9H17NO3/c11-4-3-10(8-1-2-8)7-9-12-5-6-13-9/h8-9,11H,1-7H2. The second-order valence-electron chi connectivity index (χ2n) is 3.62. The van der Waals surface area contributed by atoms with Crippen LogP contribution in [-0.4, -0.2) is 55.2 Å². The van der Waals surface area contributed by atoms with Crippen LogP contribution in [0.3, 0.4) is 0 Å². The van der Waals surface area contributed by atoms with Crippen molar-refractivity contribution in [3.8, 4) is 0 Å². The molecule has 0 spiro atoms. The lowest BCUT2D eigenvalue weighted by Gasteiger charge is -2.23. The van der Waals surface area contributed by atoms with Crippen molar-refractivity contribution in [2.45, 2.75) is 25.2 Å². The minimum absolute atomic E-state index is 0.0628. The maximum absolute atomic E-state index is 8.86. The minimum atomic E-state index is -0.0628. The predicted molar refractivity (Wildman–Crippen MR) is 47.4 cm³/mol. The zero-order valence-corrected chi connectivity index (χ0v) is 7.82. The SMILES string of the molecule is OCCN(CC1OCCO1)C1CC1. The first-order chi connectivity index (χ1) is 6.40. The highest BCUT2D eigenvalue weighted by molar-refractivity contribution is 4.85. The Bertz CT molecular complexity index is 155. The van der Waals surface area contributed by atoms with Gasteiger partial charge in [0.1, 0.15) is 0 Å². The fourth-order valence-corrected chi connectivity index (χ4v) is 1.70. The molecule has 76 valence electrons. The second-order valence-corrected chi connectivity index (χ2v) is 3.62. The molecule has 0 aromatic carbocycles. The smallest absolute Gasteiger partial charge is 0.170 e. The lowest BCUT2D eigenvalue weighted by molar-refractivity contribution is -0.0648. The van der Waals surface area contributed by atoms with E-state index in [-0.39, 0.29) is 12.9 Å². The van der Waals surface area contributed by atoms with E-state index in [1.807, 2.05) is 0 Å². The van der Waals surface area contributed by atoms with Gasteiger partial charge in [0.2, 0.25) is 0 Å². The lowest BCUT2D eigenvalue weighted by atomic mass is 10.4. The van der Waals surface area contributed by atoms with E-state index in [2.05, 4.69) is 4.90 Å². The molecule has 2 rings (SSSR count). The predicted octanol–water partition coefficient (Wildman–Crippen LogP) is -0.184. The van der Waals surface area contributed by atoms with Gasteiger partial charge in [0.25, 0.3) is 0 Å². The zero-order chi connectivity index (χ0) is 9.10. The largest absolute Gasteiger partial charge is 0.395 e. The van der Waals surface area contributed by atoms with E-state index in [9.17, 15) is 0 Å². The Kier molecular flexibility index (Phi) is 3.16. The monoisotopic (exact) mass is 187 g/mol. The highest BCUT2D eigenvalue weighted by atomic mass is 16.7. The third-order valence-electron chi connectivity index (χ3n) is 2.52. The normalized spacial score (nSPS) is 24.5. The summed E-state index contributed by atoms with van der Waals surface area (Å²) in [6.45, 7) is 3.20. The molecule has 0 radical (unpaired) electrons. The van der Waals surface area contributed by atoms with Crippen LogP contribution in [0.25, 0.3) is 0 Å². The van der Waals surface area contributed by atoms with Crippen LogP contribution < -0.4 is 0 Å². The molecule has 0 atom stereocenters. The van der Waals surface area contributed by atoms with E-state index in [0.717, 1.165) is 13.1 Å². The molecule has 0 amide bonds. The van der Waals surface area contributed by atoms with Gasteiger partial charge < -0.3 is 14.6 Å². The van der Waals surface area contributed by atoms with Gasteiger partial charge in [-0.3, -0.25) is 4.90 Å². The van der Waals surface area contributed by atoms with E-state index < -0.39 is 0 Å². The Morgan fingerprint density at radius 1 is 1.23 bits per heavy atom. The summed E-state index contributed by atoms with van der Waals surface area (Å²) in [7, 11) is 0. The summed E-state index contributed by atoms with van der Waals surface area (Å²) < 4.78 is 10.7. The quantitative estimate of drug-likeness (QED) is 0.648.